The number of benzene rings is 2. The number of carbonyl (C=O) groups excluding carboxylic acids is 1. The van der Waals surface area contributed by atoms with Gasteiger partial charge in [0.15, 0.2) is 5.78 Å². The van der Waals surface area contributed by atoms with Crippen molar-refractivity contribution in [3.8, 4) is 11.3 Å². The minimum atomic E-state index is -0.489. The summed E-state index contributed by atoms with van der Waals surface area (Å²) in [5, 5.41) is 4.03. The highest BCUT2D eigenvalue weighted by atomic mass is 35.5. The molecular formula is C22H18ClFN4O. The second-order valence-corrected chi connectivity index (χ2v) is 7.01. The van der Waals surface area contributed by atoms with Crippen molar-refractivity contribution >= 4 is 45.5 Å². The molecule has 0 aliphatic carbocycles. The lowest BCUT2D eigenvalue weighted by molar-refractivity contribution is 0.0988. The molecular weight excluding hydrogens is 391 g/mol. The Balaban J connectivity index is 1.80. The third-order valence-electron chi connectivity index (χ3n) is 4.72. The second kappa shape index (κ2) is 7.56. The average Bonchev–Trinajstić information content (AvgIpc) is 3.05. The van der Waals surface area contributed by atoms with Crippen LogP contribution in [-0.4, -0.2) is 15.8 Å². The van der Waals surface area contributed by atoms with E-state index in [2.05, 4.69) is 15.3 Å². The molecule has 4 rings (SSSR count). The lowest BCUT2D eigenvalue weighted by Crippen LogP contribution is -1.97. The minimum absolute atomic E-state index is 0.0215. The van der Waals surface area contributed by atoms with Crippen molar-refractivity contribution in [3.63, 3.8) is 0 Å². The number of nitrogens with two attached hydrogens (primary N) is 1. The number of carbonyl (C=O) groups is 1. The van der Waals surface area contributed by atoms with Gasteiger partial charge < -0.3 is 16.0 Å². The zero-order valence-corrected chi connectivity index (χ0v) is 16.3. The molecule has 2 aromatic carbocycles. The summed E-state index contributed by atoms with van der Waals surface area (Å²) in [7, 11) is 0. The molecule has 4 aromatic rings. The van der Waals surface area contributed by atoms with E-state index in [1.165, 1.54) is 12.1 Å². The Bertz CT molecular complexity index is 1230. The van der Waals surface area contributed by atoms with Crippen molar-refractivity contribution in [1.82, 2.24) is 9.97 Å². The molecule has 0 radical (unpaired) electrons. The molecule has 0 bridgehead atoms. The number of nitrogens with zero attached hydrogens (tertiary/aromatic N) is 1. The first-order valence-corrected chi connectivity index (χ1v) is 9.47. The lowest BCUT2D eigenvalue weighted by Gasteiger charge is -2.08. The minimum Gasteiger partial charge on any atom is -0.384 e. The summed E-state index contributed by atoms with van der Waals surface area (Å²) in [6.07, 6.45) is 2.12. The van der Waals surface area contributed by atoms with Crippen LogP contribution in [0.4, 0.5) is 21.6 Å². The van der Waals surface area contributed by atoms with Crippen molar-refractivity contribution in [2.45, 2.75) is 13.3 Å². The van der Waals surface area contributed by atoms with Crippen molar-refractivity contribution in [2.75, 3.05) is 11.1 Å². The zero-order valence-electron chi connectivity index (χ0n) is 15.6. The Morgan fingerprint density at radius 1 is 1.24 bits per heavy atom. The molecule has 0 atom stereocenters. The van der Waals surface area contributed by atoms with Gasteiger partial charge in [0.2, 0.25) is 0 Å². The number of hydrogen-bond acceptors (Lipinski definition) is 4. The summed E-state index contributed by atoms with van der Waals surface area (Å²) < 4.78 is 13.4. The van der Waals surface area contributed by atoms with Crippen LogP contribution in [0.15, 0.2) is 54.7 Å². The van der Waals surface area contributed by atoms with E-state index in [0.29, 0.717) is 34.9 Å². The Kier molecular flexibility index (Phi) is 4.94. The van der Waals surface area contributed by atoms with Crippen molar-refractivity contribution < 1.29 is 9.18 Å². The fourth-order valence-electron chi connectivity index (χ4n) is 3.25. The first-order chi connectivity index (χ1) is 14.0. The van der Waals surface area contributed by atoms with Crippen LogP contribution < -0.4 is 11.1 Å². The summed E-state index contributed by atoms with van der Waals surface area (Å²) in [5.41, 5.74) is 10.3. The van der Waals surface area contributed by atoms with Gasteiger partial charge in [-0.05, 0) is 30.3 Å². The van der Waals surface area contributed by atoms with Crippen LogP contribution in [0.25, 0.3) is 22.2 Å². The van der Waals surface area contributed by atoms with Crippen molar-refractivity contribution in [1.29, 1.82) is 0 Å². The molecule has 2 heterocycles. The Hall–Kier alpha value is -3.38. The SMILES string of the molecule is CCC(=O)c1cccc(-c2nccc3c(Nc4ccc(F)c(Cl)c4)c(N)[nH]c23)c1. The molecule has 0 amide bonds. The molecule has 0 saturated heterocycles. The van der Waals surface area contributed by atoms with Crippen LogP contribution in [0.5, 0.6) is 0 Å². The molecule has 2 aromatic heterocycles. The third-order valence-corrected chi connectivity index (χ3v) is 5.01. The number of aromatic amines is 1. The Labute approximate surface area is 171 Å². The molecule has 7 heteroatoms. The fraction of sp³-hybridized carbons (Fsp3) is 0.0909. The summed E-state index contributed by atoms with van der Waals surface area (Å²) >= 11 is 5.88. The van der Waals surface area contributed by atoms with Gasteiger partial charge in [-0.15, -0.1) is 0 Å². The molecule has 0 aliphatic rings. The van der Waals surface area contributed by atoms with Gasteiger partial charge >= 0.3 is 0 Å². The van der Waals surface area contributed by atoms with E-state index in [4.69, 9.17) is 17.3 Å². The molecule has 0 aliphatic heterocycles. The number of aromatic nitrogens is 2. The van der Waals surface area contributed by atoms with Gasteiger partial charge in [-0.1, -0.05) is 36.7 Å². The number of nitrogens with one attached hydrogen (secondary N) is 2. The number of nitrogen functional groups attached to an aromatic ring is 1. The van der Waals surface area contributed by atoms with E-state index in [1.54, 1.807) is 18.3 Å². The molecule has 0 spiro atoms. The quantitative estimate of drug-likeness (QED) is 0.357. The van der Waals surface area contributed by atoms with E-state index in [-0.39, 0.29) is 10.8 Å². The first kappa shape index (κ1) is 19.0. The summed E-state index contributed by atoms with van der Waals surface area (Å²) in [5.74, 6) is -0.00633. The molecule has 4 N–H and O–H groups in total. The molecule has 146 valence electrons. The predicted octanol–water partition coefficient (Wildman–Crippen LogP) is 5.94. The molecule has 0 fully saturated rings. The lowest BCUT2D eigenvalue weighted by atomic mass is 10.0. The van der Waals surface area contributed by atoms with E-state index in [9.17, 15) is 9.18 Å². The molecule has 5 nitrogen and oxygen atoms in total. The fourth-order valence-corrected chi connectivity index (χ4v) is 3.44. The maximum absolute atomic E-state index is 13.4. The Morgan fingerprint density at radius 2 is 2.07 bits per heavy atom. The Morgan fingerprint density at radius 3 is 2.83 bits per heavy atom. The van der Waals surface area contributed by atoms with E-state index in [1.807, 2.05) is 31.2 Å². The smallest absolute Gasteiger partial charge is 0.162 e. The summed E-state index contributed by atoms with van der Waals surface area (Å²) in [4.78, 5) is 19.7. The molecule has 29 heavy (non-hydrogen) atoms. The number of ketones is 1. The van der Waals surface area contributed by atoms with Crippen LogP contribution in [0, 0.1) is 5.82 Å². The van der Waals surface area contributed by atoms with E-state index >= 15 is 0 Å². The van der Waals surface area contributed by atoms with Gasteiger partial charge in [0, 0.05) is 34.8 Å². The number of Topliss-reactive ketones (excluding diaryl/α,β-unsaturated/α-hetero) is 1. The van der Waals surface area contributed by atoms with E-state index < -0.39 is 5.82 Å². The molecule has 0 unspecified atom stereocenters. The van der Waals surface area contributed by atoms with Gasteiger partial charge in [-0.25, -0.2) is 4.39 Å². The maximum atomic E-state index is 13.4. The van der Waals surface area contributed by atoms with Crippen LogP contribution >= 0.6 is 11.6 Å². The van der Waals surface area contributed by atoms with Gasteiger partial charge in [0.25, 0.3) is 0 Å². The van der Waals surface area contributed by atoms with Crippen molar-refractivity contribution in [2.24, 2.45) is 0 Å². The second-order valence-electron chi connectivity index (χ2n) is 6.61. The largest absolute Gasteiger partial charge is 0.384 e. The number of halogens is 2. The summed E-state index contributed by atoms with van der Waals surface area (Å²) in [6.45, 7) is 1.83. The monoisotopic (exact) mass is 408 g/mol. The van der Waals surface area contributed by atoms with Gasteiger partial charge in [0.1, 0.15) is 11.6 Å². The maximum Gasteiger partial charge on any atom is 0.162 e. The summed E-state index contributed by atoms with van der Waals surface area (Å²) in [6, 6.07) is 13.6. The number of H-pyrrole nitrogens is 1. The van der Waals surface area contributed by atoms with Crippen molar-refractivity contribution in [3.05, 3.63) is 71.1 Å². The highest BCUT2D eigenvalue weighted by molar-refractivity contribution is 6.31. The van der Waals surface area contributed by atoms with Crippen LogP contribution in [0.2, 0.25) is 5.02 Å². The number of hydrogen-bond donors (Lipinski definition) is 3. The first-order valence-electron chi connectivity index (χ1n) is 9.09. The molecule has 0 saturated carbocycles. The highest BCUT2D eigenvalue weighted by Gasteiger charge is 2.16. The zero-order chi connectivity index (χ0) is 20.5. The predicted molar refractivity (Wildman–Crippen MR) is 115 cm³/mol. The average molecular weight is 409 g/mol. The third kappa shape index (κ3) is 3.54. The van der Waals surface area contributed by atoms with Gasteiger partial charge in [-0.3, -0.25) is 9.78 Å². The topological polar surface area (TPSA) is 83.8 Å². The standard InChI is InChI=1S/C22H18ClFN4O/c1-2-18(29)12-4-3-5-13(10-12)19-20-15(8-9-26-19)21(22(25)28-20)27-14-6-7-17(24)16(23)11-14/h3-11,27-28H,2,25H2,1H3. The number of pyridine rings is 1. The van der Waals surface area contributed by atoms with Crippen LogP contribution in [0.1, 0.15) is 23.7 Å². The van der Waals surface area contributed by atoms with Gasteiger partial charge in [-0.2, -0.15) is 0 Å². The number of rotatable bonds is 5. The van der Waals surface area contributed by atoms with Crippen LogP contribution in [0.3, 0.4) is 0 Å². The van der Waals surface area contributed by atoms with E-state index in [0.717, 1.165) is 16.5 Å². The van der Waals surface area contributed by atoms with Crippen LogP contribution in [-0.2, 0) is 0 Å². The number of fused-ring (bicyclic) bond motifs is 1. The normalized spacial score (nSPS) is 11.0. The highest BCUT2D eigenvalue weighted by Crippen LogP contribution is 2.37. The van der Waals surface area contributed by atoms with Gasteiger partial charge in [0.05, 0.1) is 21.9 Å². The number of anilines is 3.